The number of hydrogen-bond acceptors (Lipinski definition) is 3. The largest absolute Gasteiger partial charge is 0.496 e. The van der Waals surface area contributed by atoms with Crippen molar-refractivity contribution < 1.29 is 9.53 Å². The first kappa shape index (κ1) is 12.5. The van der Waals surface area contributed by atoms with Gasteiger partial charge in [-0.25, -0.2) is 0 Å². The average molecular weight is 380 g/mol. The molecule has 0 saturated carbocycles. The second-order valence-electron chi connectivity index (χ2n) is 2.71. The van der Waals surface area contributed by atoms with Crippen LogP contribution in [0.5, 0.6) is 5.75 Å². The third-order valence-corrected chi connectivity index (χ3v) is 3.43. The Morgan fingerprint density at radius 2 is 2.33 bits per heavy atom. The number of alkyl halides is 1. The minimum atomic E-state index is -0.0604. The number of carbonyl (C=O) groups is 1. The van der Waals surface area contributed by atoms with Crippen molar-refractivity contribution in [2.45, 2.75) is 0 Å². The van der Waals surface area contributed by atoms with Crippen molar-refractivity contribution in [2.75, 3.05) is 12.4 Å². The first-order valence-corrected chi connectivity index (χ1v) is 6.20. The zero-order valence-electron chi connectivity index (χ0n) is 7.88. The molecule has 0 N–H and O–H groups in total. The summed E-state index contributed by atoms with van der Waals surface area (Å²) in [5, 5.41) is 9.03. The van der Waals surface area contributed by atoms with Gasteiger partial charge in [-0.2, -0.15) is 5.26 Å². The van der Waals surface area contributed by atoms with Gasteiger partial charge in [-0.05, 0) is 34.7 Å². The summed E-state index contributed by atoms with van der Waals surface area (Å²) in [7, 11) is 1.51. The van der Waals surface area contributed by atoms with Gasteiger partial charge in [0.2, 0.25) is 0 Å². The summed E-state index contributed by atoms with van der Waals surface area (Å²) >= 11 is 5.14. The summed E-state index contributed by atoms with van der Waals surface area (Å²) < 4.78 is 5.83. The van der Waals surface area contributed by atoms with E-state index in [1.54, 1.807) is 12.1 Å². The van der Waals surface area contributed by atoms with Gasteiger partial charge in [-0.3, -0.25) is 4.79 Å². The maximum Gasteiger partial charge on any atom is 0.174 e. The van der Waals surface area contributed by atoms with Gasteiger partial charge in [-0.1, -0.05) is 15.9 Å². The summed E-state index contributed by atoms with van der Waals surface area (Å²) in [6.45, 7) is 0. The zero-order chi connectivity index (χ0) is 11.4. The Morgan fingerprint density at radius 3 is 2.80 bits per heavy atom. The molecule has 0 unspecified atom stereocenters. The first-order chi connectivity index (χ1) is 7.13. The molecule has 0 radical (unpaired) electrons. The SMILES string of the molecule is COc1cc(C#N)cc(C(=O)CBr)c1I. The van der Waals surface area contributed by atoms with E-state index in [0.29, 0.717) is 16.9 Å². The smallest absolute Gasteiger partial charge is 0.174 e. The Morgan fingerprint density at radius 1 is 1.67 bits per heavy atom. The molecule has 1 aromatic rings. The summed E-state index contributed by atoms with van der Waals surface area (Å²) in [4.78, 5) is 11.6. The highest BCUT2D eigenvalue weighted by Gasteiger charge is 2.14. The molecule has 0 bridgehead atoms. The van der Waals surface area contributed by atoms with Crippen LogP contribution < -0.4 is 4.74 Å². The molecule has 0 saturated heterocycles. The average Bonchev–Trinajstić information content (AvgIpc) is 2.28. The molecule has 0 fully saturated rings. The fraction of sp³-hybridized carbons (Fsp3) is 0.200. The van der Waals surface area contributed by atoms with E-state index in [2.05, 4.69) is 15.9 Å². The lowest BCUT2D eigenvalue weighted by Gasteiger charge is -2.07. The van der Waals surface area contributed by atoms with Crippen LogP contribution in [0.1, 0.15) is 15.9 Å². The van der Waals surface area contributed by atoms with Crippen molar-refractivity contribution in [2.24, 2.45) is 0 Å². The predicted molar refractivity (Wildman–Crippen MR) is 68.6 cm³/mol. The van der Waals surface area contributed by atoms with Crippen LogP contribution in [0.3, 0.4) is 0 Å². The number of hydrogen-bond donors (Lipinski definition) is 0. The van der Waals surface area contributed by atoms with E-state index in [0.717, 1.165) is 3.57 Å². The molecule has 15 heavy (non-hydrogen) atoms. The number of ketones is 1. The Balaban J connectivity index is 3.38. The van der Waals surface area contributed by atoms with Gasteiger partial charge in [0.15, 0.2) is 5.78 Å². The lowest BCUT2D eigenvalue weighted by molar-refractivity contribution is 0.102. The second-order valence-corrected chi connectivity index (χ2v) is 4.35. The highest BCUT2D eigenvalue weighted by Crippen LogP contribution is 2.26. The predicted octanol–water partition coefficient (Wildman–Crippen LogP) is 2.75. The standard InChI is InChI=1S/C10H7BrINO2/c1-15-9-3-6(5-13)2-7(10(9)12)8(14)4-11/h2-3H,4H2,1H3. The topological polar surface area (TPSA) is 50.1 Å². The fourth-order valence-electron chi connectivity index (χ4n) is 1.09. The van der Waals surface area contributed by atoms with E-state index in [-0.39, 0.29) is 11.1 Å². The van der Waals surface area contributed by atoms with E-state index in [1.165, 1.54) is 7.11 Å². The normalized spacial score (nSPS) is 9.47. The van der Waals surface area contributed by atoms with Gasteiger partial charge in [0.25, 0.3) is 0 Å². The minimum absolute atomic E-state index is 0.0604. The molecule has 0 aliphatic carbocycles. The number of methoxy groups -OCH3 is 1. The number of halogens is 2. The Labute approximate surface area is 110 Å². The third-order valence-electron chi connectivity index (χ3n) is 1.81. The highest BCUT2D eigenvalue weighted by atomic mass is 127. The quantitative estimate of drug-likeness (QED) is 0.461. The maximum absolute atomic E-state index is 11.6. The van der Waals surface area contributed by atoms with Crippen LogP contribution in [-0.2, 0) is 0 Å². The van der Waals surface area contributed by atoms with Gasteiger partial charge in [0.05, 0.1) is 27.6 Å². The van der Waals surface area contributed by atoms with Crippen LogP contribution in [0.15, 0.2) is 12.1 Å². The zero-order valence-corrected chi connectivity index (χ0v) is 11.6. The van der Waals surface area contributed by atoms with Crippen molar-refractivity contribution >= 4 is 44.3 Å². The van der Waals surface area contributed by atoms with E-state index >= 15 is 0 Å². The number of benzene rings is 1. The van der Waals surface area contributed by atoms with E-state index in [4.69, 9.17) is 10.00 Å². The molecule has 1 aromatic carbocycles. The molecule has 0 aliphatic heterocycles. The highest BCUT2D eigenvalue weighted by molar-refractivity contribution is 14.1. The minimum Gasteiger partial charge on any atom is -0.496 e. The molecule has 5 heteroatoms. The number of nitrogens with zero attached hydrogens (tertiary/aromatic N) is 1. The molecule has 0 heterocycles. The van der Waals surface area contributed by atoms with E-state index in [1.807, 2.05) is 28.7 Å². The van der Waals surface area contributed by atoms with Crippen molar-refractivity contribution in [3.05, 3.63) is 26.8 Å². The number of carbonyl (C=O) groups excluding carboxylic acids is 1. The molecule has 0 aliphatic rings. The Bertz CT molecular complexity index is 440. The van der Waals surface area contributed by atoms with Crippen molar-refractivity contribution in [1.82, 2.24) is 0 Å². The van der Waals surface area contributed by atoms with Gasteiger partial charge in [0, 0.05) is 5.56 Å². The van der Waals surface area contributed by atoms with Gasteiger partial charge >= 0.3 is 0 Å². The van der Waals surface area contributed by atoms with Crippen molar-refractivity contribution in [3.8, 4) is 11.8 Å². The molecular weight excluding hydrogens is 373 g/mol. The number of nitriles is 1. The summed E-state index contributed by atoms with van der Waals surface area (Å²) in [6.07, 6.45) is 0. The molecule has 0 aromatic heterocycles. The fourth-order valence-corrected chi connectivity index (χ4v) is 2.22. The van der Waals surface area contributed by atoms with Crippen LogP contribution in [-0.4, -0.2) is 18.2 Å². The summed E-state index contributed by atoms with van der Waals surface area (Å²) in [5.41, 5.74) is 0.944. The van der Waals surface area contributed by atoms with Crippen LogP contribution in [0.25, 0.3) is 0 Å². The summed E-state index contributed by atoms with van der Waals surface area (Å²) in [6, 6.07) is 5.19. The van der Waals surface area contributed by atoms with Crippen LogP contribution >= 0.6 is 38.5 Å². The van der Waals surface area contributed by atoms with Crippen molar-refractivity contribution in [1.29, 1.82) is 5.26 Å². The van der Waals surface area contributed by atoms with Gasteiger partial charge in [0.1, 0.15) is 5.75 Å². The molecule has 0 amide bonds. The van der Waals surface area contributed by atoms with E-state index < -0.39 is 0 Å². The van der Waals surface area contributed by atoms with Crippen LogP contribution in [0, 0.1) is 14.9 Å². The molecule has 3 nitrogen and oxygen atoms in total. The molecule has 0 spiro atoms. The van der Waals surface area contributed by atoms with Gasteiger partial charge in [-0.15, -0.1) is 0 Å². The van der Waals surface area contributed by atoms with E-state index in [9.17, 15) is 4.79 Å². The molecular formula is C10H7BrINO2. The molecule has 78 valence electrons. The maximum atomic E-state index is 11.6. The molecule has 1 rings (SSSR count). The lowest BCUT2D eigenvalue weighted by atomic mass is 10.1. The Hall–Kier alpha value is -0.610. The van der Waals surface area contributed by atoms with Gasteiger partial charge < -0.3 is 4.74 Å². The lowest BCUT2D eigenvalue weighted by Crippen LogP contribution is -2.05. The first-order valence-electron chi connectivity index (χ1n) is 4.00. The Kier molecular flexibility index (Phi) is 4.54. The number of Topliss-reactive ketones (excluding diaryl/α,β-unsaturated/α-hetero) is 1. The monoisotopic (exact) mass is 379 g/mol. The molecule has 0 atom stereocenters. The number of ether oxygens (including phenoxy) is 1. The van der Waals surface area contributed by atoms with Crippen LogP contribution in [0.2, 0.25) is 0 Å². The van der Waals surface area contributed by atoms with Crippen molar-refractivity contribution in [3.63, 3.8) is 0 Å². The number of rotatable bonds is 3. The van der Waals surface area contributed by atoms with Crippen LogP contribution in [0.4, 0.5) is 0 Å². The third kappa shape index (κ3) is 2.69. The summed E-state index contributed by atoms with van der Waals surface area (Å²) in [5.74, 6) is 0.494. The second kappa shape index (κ2) is 5.47.